The zero-order valence-corrected chi connectivity index (χ0v) is 4.97. The molecule has 0 aliphatic rings. The van der Waals surface area contributed by atoms with Crippen molar-refractivity contribution in [2.75, 3.05) is 6.61 Å². The highest BCUT2D eigenvalue weighted by Crippen LogP contribution is 1.97. The molecule has 0 aromatic rings. The van der Waals surface area contributed by atoms with Crippen molar-refractivity contribution < 1.29 is 14.6 Å². The maximum Gasteiger partial charge on any atom is 0.339 e. The molecule has 0 bridgehead atoms. The number of aliphatic carboxylic acids is 1. The zero-order chi connectivity index (χ0) is 6.57. The predicted molar refractivity (Wildman–Crippen MR) is 28.2 cm³/mol. The van der Waals surface area contributed by atoms with Crippen molar-refractivity contribution in [2.24, 2.45) is 0 Å². The van der Waals surface area contributed by atoms with Crippen LogP contribution < -0.4 is 0 Å². The third-order valence-corrected chi connectivity index (χ3v) is 0.662. The van der Waals surface area contributed by atoms with Gasteiger partial charge in [0.25, 0.3) is 0 Å². The fraction of sp³-hybridized carbons (Fsp3) is 0.600. The molecule has 0 atom stereocenters. The molecule has 1 radical (unpaired) electrons. The van der Waals surface area contributed by atoms with Crippen LogP contribution in [0.4, 0.5) is 0 Å². The summed E-state index contributed by atoms with van der Waals surface area (Å²) in [5.74, 6) is -0.994. The molecule has 3 nitrogen and oxygen atoms in total. The molecule has 0 rings (SSSR count). The molecule has 8 heavy (non-hydrogen) atoms. The minimum Gasteiger partial charge on any atom is -0.479 e. The second-order valence-electron chi connectivity index (χ2n) is 1.29. The van der Waals surface area contributed by atoms with Crippen molar-refractivity contribution in [1.29, 1.82) is 0 Å². The van der Waals surface area contributed by atoms with Crippen LogP contribution in [-0.4, -0.2) is 17.7 Å². The van der Waals surface area contributed by atoms with E-state index in [4.69, 9.17) is 5.11 Å². The average Bonchev–Trinajstić information content (AvgIpc) is 1.67. The van der Waals surface area contributed by atoms with Crippen LogP contribution in [0, 0.1) is 6.10 Å². The van der Waals surface area contributed by atoms with Gasteiger partial charge in [0.1, 0.15) is 0 Å². The molecule has 0 spiro atoms. The maximum absolute atomic E-state index is 9.93. The van der Waals surface area contributed by atoms with Gasteiger partial charge in [0.2, 0.25) is 6.10 Å². The number of carboxylic acids is 1. The third kappa shape index (κ3) is 2.58. The standard InChI is InChI=1S/C5H9O3/c1-3-8-4(2)5(6)7/h3H2,1-2H3,(H,6,7). The SMILES string of the molecule is CCO[C](C)C(=O)O. The Kier molecular flexibility index (Phi) is 3.19. The minimum atomic E-state index is -0.994. The summed E-state index contributed by atoms with van der Waals surface area (Å²) in [7, 11) is 0. The highest BCUT2D eigenvalue weighted by Gasteiger charge is 2.10. The van der Waals surface area contributed by atoms with Crippen LogP contribution in [0.5, 0.6) is 0 Å². The Labute approximate surface area is 48.3 Å². The summed E-state index contributed by atoms with van der Waals surface area (Å²) in [4.78, 5) is 9.93. The molecule has 3 heteroatoms. The van der Waals surface area contributed by atoms with Crippen molar-refractivity contribution >= 4 is 5.97 Å². The summed E-state index contributed by atoms with van der Waals surface area (Å²) in [6, 6.07) is 0. The second-order valence-corrected chi connectivity index (χ2v) is 1.29. The van der Waals surface area contributed by atoms with Crippen LogP contribution in [-0.2, 0) is 9.53 Å². The molecule has 0 amide bonds. The normalized spacial score (nSPS) is 9.88. The highest BCUT2D eigenvalue weighted by atomic mass is 16.5. The van der Waals surface area contributed by atoms with Gasteiger partial charge >= 0.3 is 5.97 Å². The number of hydrogen-bond donors (Lipinski definition) is 1. The molecule has 0 aliphatic carbocycles. The number of carbonyl (C=O) groups is 1. The Morgan fingerprint density at radius 1 is 1.75 bits per heavy atom. The number of rotatable bonds is 3. The van der Waals surface area contributed by atoms with Crippen molar-refractivity contribution in [1.82, 2.24) is 0 Å². The molecule has 1 N–H and O–H groups in total. The van der Waals surface area contributed by atoms with Gasteiger partial charge in [0.15, 0.2) is 0 Å². The first kappa shape index (κ1) is 7.43. The van der Waals surface area contributed by atoms with E-state index >= 15 is 0 Å². The first-order chi connectivity index (χ1) is 3.68. The van der Waals surface area contributed by atoms with E-state index in [2.05, 4.69) is 4.74 Å². The topological polar surface area (TPSA) is 46.5 Å². The van der Waals surface area contributed by atoms with Crippen molar-refractivity contribution in [2.45, 2.75) is 13.8 Å². The van der Waals surface area contributed by atoms with Crippen LogP contribution in [0.3, 0.4) is 0 Å². The quantitative estimate of drug-likeness (QED) is 0.590. The Bertz CT molecular complexity index is 79.7. The number of carboxylic acid groups (broad SMARTS) is 1. The summed E-state index contributed by atoms with van der Waals surface area (Å²) >= 11 is 0. The first-order valence-corrected chi connectivity index (χ1v) is 2.38. The van der Waals surface area contributed by atoms with Gasteiger partial charge in [-0.2, -0.15) is 0 Å². The molecule has 0 aliphatic heterocycles. The molecule has 0 saturated carbocycles. The molecule has 0 fully saturated rings. The van der Waals surface area contributed by atoms with Gasteiger partial charge in [-0.25, -0.2) is 4.79 Å². The predicted octanol–water partition coefficient (Wildman–Crippen LogP) is 0.659. The largest absolute Gasteiger partial charge is 0.479 e. The lowest BCUT2D eigenvalue weighted by molar-refractivity contribution is -0.140. The van der Waals surface area contributed by atoms with E-state index in [0.29, 0.717) is 6.61 Å². The molecule has 47 valence electrons. The smallest absolute Gasteiger partial charge is 0.339 e. The third-order valence-electron chi connectivity index (χ3n) is 0.662. The van der Waals surface area contributed by atoms with Crippen molar-refractivity contribution in [3.05, 3.63) is 6.10 Å². The number of ether oxygens (including phenoxy) is 1. The summed E-state index contributed by atoms with van der Waals surface area (Å²) in [5.41, 5.74) is 0. The molecular formula is C5H9O3. The van der Waals surface area contributed by atoms with Gasteiger partial charge in [0, 0.05) is 6.61 Å². The Morgan fingerprint density at radius 3 is 2.38 bits per heavy atom. The average molecular weight is 117 g/mol. The van der Waals surface area contributed by atoms with Crippen molar-refractivity contribution in [3.63, 3.8) is 0 Å². The van der Waals surface area contributed by atoms with E-state index in [9.17, 15) is 4.79 Å². The molecule has 0 unspecified atom stereocenters. The van der Waals surface area contributed by atoms with E-state index in [0.717, 1.165) is 0 Å². The minimum absolute atomic E-state index is 0.0486. The van der Waals surface area contributed by atoms with Gasteiger partial charge in [-0.3, -0.25) is 0 Å². The van der Waals surface area contributed by atoms with Gasteiger partial charge in [0.05, 0.1) is 0 Å². The molecule has 0 saturated heterocycles. The van der Waals surface area contributed by atoms with Gasteiger partial charge in [-0.15, -0.1) is 0 Å². The summed E-state index contributed by atoms with van der Waals surface area (Å²) in [6.45, 7) is 3.58. The second kappa shape index (κ2) is 3.43. The highest BCUT2D eigenvalue weighted by molar-refractivity contribution is 5.79. The van der Waals surface area contributed by atoms with E-state index in [-0.39, 0.29) is 6.10 Å². The summed E-state index contributed by atoms with van der Waals surface area (Å²) in [5, 5.41) is 8.15. The number of hydrogen-bond acceptors (Lipinski definition) is 2. The van der Waals surface area contributed by atoms with Crippen molar-refractivity contribution in [3.8, 4) is 0 Å². The summed E-state index contributed by atoms with van der Waals surface area (Å²) < 4.78 is 4.62. The lowest BCUT2D eigenvalue weighted by Crippen LogP contribution is -2.10. The molecular weight excluding hydrogens is 108 g/mol. The van der Waals surface area contributed by atoms with Crippen LogP contribution >= 0.6 is 0 Å². The van der Waals surface area contributed by atoms with Crippen LogP contribution in [0.15, 0.2) is 0 Å². The van der Waals surface area contributed by atoms with E-state index in [1.165, 1.54) is 6.92 Å². The van der Waals surface area contributed by atoms with Crippen LogP contribution in [0.1, 0.15) is 13.8 Å². The molecule has 0 aromatic heterocycles. The van der Waals surface area contributed by atoms with E-state index in [1.807, 2.05) is 0 Å². The Morgan fingerprint density at radius 2 is 2.25 bits per heavy atom. The van der Waals surface area contributed by atoms with E-state index in [1.54, 1.807) is 6.92 Å². The lowest BCUT2D eigenvalue weighted by atomic mass is 10.4. The Balaban J connectivity index is 3.32. The van der Waals surface area contributed by atoms with Gasteiger partial charge < -0.3 is 9.84 Å². The van der Waals surface area contributed by atoms with Gasteiger partial charge in [-0.05, 0) is 13.8 Å². The summed E-state index contributed by atoms with van der Waals surface area (Å²) in [6.07, 6.45) is 0.0486. The zero-order valence-electron chi connectivity index (χ0n) is 4.97. The molecule has 0 heterocycles. The lowest BCUT2D eigenvalue weighted by Gasteiger charge is -2.01. The molecule has 0 aromatic carbocycles. The van der Waals surface area contributed by atoms with Crippen LogP contribution in [0.2, 0.25) is 0 Å². The Hall–Kier alpha value is -0.570. The van der Waals surface area contributed by atoms with Crippen LogP contribution in [0.25, 0.3) is 0 Å². The van der Waals surface area contributed by atoms with E-state index < -0.39 is 5.97 Å². The monoisotopic (exact) mass is 117 g/mol. The fourth-order valence-electron chi connectivity index (χ4n) is 0.278. The fourth-order valence-corrected chi connectivity index (χ4v) is 0.278. The first-order valence-electron chi connectivity index (χ1n) is 2.38. The van der Waals surface area contributed by atoms with Gasteiger partial charge in [-0.1, -0.05) is 0 Å². The maximum atomic E-state index is 9.93.